The monoisotopic (exact) mass is 494 g/mol. The molecule has 0 amide bonds. The standard InChI is InChI=1S/C26H55O6P/c1-9-17-21(20-27)25(13-5,14-6)23(18-10-2)31-24(19-11-3)26(15-7,16-8)22(12-4)32-33(28,29)30/h21-24,27H,9-20H2,1-8H3,(H2,28,29,30). The number of hydrogen-bond donors (Lipinski definition) is 3. The molecule has 0 fully saturated rings. The van der Waals surface area contributed by atoms with Crippen molar-refractivity contribution in [3.8, 4) is 0 Å². The van der Waals surface area contributed by atoms with Crippen molar-refractivity contribution in [1.29, 1.82) is 0 Å². The molecular weight excluding hydrogens is 439 g/mol. The van der Waals surface area contributed by atoms with Crippen molar-refractivity contribution in [2.24, 2.45) is 16.7 Å². The van der Waals surface area contributed by atoms with Crippen LogP contribution in [0.1, 0.15) is 126 Å². The fourth-order valence-corrected chi connectivity index (χ4v) is 6.97. The lowest BCUT2D eigenvalue weighted by molar-refractivity contribution is -0.181. The maximum absolute atomic E-state index is 11.8. The minimum absolute atomic E-state index is 0.0252. The molecule has 3 N–H and O–H groups in total. The summed E-state index contributed by atoms with van der Waals surface area (Å²) >= 11 is 0. The number of phosphoric ester groups is 1. The second-order valence-corrected chi connectivity index (χ2v) is 10.9. The van der Waals surface area contributed by atoms with Gasteiger partial charge >= 0.3 is 7.82 Å². The van der Waals surface area contributed by atoms with Crippen molar-refractivity contribution in [2.45, 2.75) is 144 Å². The minimum atomic E-state index is -4.63. The quantitative estimate of drug-likeness (QED) is 0.154. The minimum Gasteiger partial charge on any atom is -0.396 e. The molecule has 0 saturated heterocycles. The summed E-state index contributed by atoms with van der Waals surface area (Å²) in [6.07, 6.45) is 8.61. The topological polar surface area (TPSA) is 96.2 Å². The second-order valence-electron chi connectivity index (χ2n) is 9.73. The Kier molecular flexibility index (Phi) is 15.9. The molecule has 0 aliphatic rings. The molecule has 0 aromatic rings. The fraction of sp³-hybridized carbons (Fsp3) is 1.00. The van der Waals surface area contributed by atoms with Crippen LogP contribution in [0, 0.1) is 16.7 Å². The van der Waals surface area contributed by atoms with Crippen LogP contribution in [0.5, 0.6) is 0 Å². The zero-order chi connectivity index (χ0) is 25.7. The Morgan fingerprint density at radius 1 is 0.697 bits per heavy atom. The molecule has 0 aromatic carbocycles. The van der Waals surface area contributed by atoms with Gasteiger partial charge in [0.1, 0.15) is 0 Å². The maximum Gasteiger partial charge on any atom is 0.469 e. The zero-order valence-corrected chi connectivity index (χ0v) is 23.7. The third-order valence-corrected chi connectivity index (χ3v) is 8.82. The largest absolute Gasteiger partial charge is 0.469 e. The van der Waals surface area contributed by atoms with Crippen LogP contribution in [0.3, 0.4) is 0 Å². The summed E-state index contributed by atoms with van der Waals surface area (Å²) in [5.41, 5.74) is -0.629. The van der Waals surface area contributed by atoms with Crippen LogP contribution < -0.4 is 0 Å². The molecule has 0 aromatic heterocycles. The zero-order valence-electron chi connectivity index (χ0n) is 22.8. The first kappa shape index (κ1) is 33.0. The molecule has 0 aliphatic carbocycles. The van der Waals surface area contributed by atoms with Crippen LogP contribution in [0.25, 0.3) is 0 Å². The summed E-state index contributed by atoms with van der Waals surface area (Å²) in [7, 11) is -4.63. The molecule has 0 spiro atoms. The first-order chi connectivity index (χ1) is 15.6. The molecule has 0 saturated carbocycles. The average molecular weight is 495 g/mol. The summed E-state index contributed by atoms with van der Waals surface area (Å²) in [5, 5.41) is 10.4. The SMILES string of the molecule is CCCC(CO)C(CC)(CC)C(CCC)OC(CCC)C(CC)(CC)C(CC)OP(=O)(O)O. The Labute approximate surface area is 204 Å². The van der Waals surface area contributed by atoms with Crippen LogP contribution in [0.15, 0.2) is 0 Å². The van der Waals surface area contributed by atoms with Gasteiger partial charge in [-0.25, -0.2) is 4.57 Å². The van der Waals surface area contributed by atoms with Gasteiger partial charge < -0.3 is 19.6 Å². The summed E-state index contributed by atoms with van der Waals surface area (Å²) < 4.78 is 24.3. The van der Waals surface area contributed by atoms with E-state index < -0.39 is 19.3 Å². The Hall–Kier alpha value is 0.0300. The second kappa shape index (κ2) is 15.9. The molecule has 4 unspecified atom stereocenters. The Bertz CT molecular complexity index is 541. The number of aliphatic hydroxyl groups is 1. The normalized spacial score (nSPS) is 17.1. The van der Waals surface area contributed by atoms with E-state index in [4.69, 9.17) is 9.26 Å². The molecule has 0 radical (unpaired) electrons. The predicted octanol–water partition coefficient (Wildman–Crippen LogP) is 7.25. The molecule has 7 heteroatoms. The lowest BCUT2D eigenvalue weighted by atomic mass is 9.64. The number of aliphatic hydroxyl groups excluding tert-OH is 1. The maximum atomic E-state index is 11.8. The van der Waals surface area contributed by atoms with Gasteiger partial charge in [-0.05, 0) is 57.3 Å². The molecule has 0 bridgehead atoms. The van der Waals surface area contributed by atoms with E-state index in [2.05, 4.69) is 48.5 Å². The number of phosphoric acid groups is 1. The lowest BCUT2D eigenvalue weighted by Gasteiger charge is -2.51. The van der Waals surface area contributed by atoms with Gasteiger partial charge in [-0.15, -0.1) is 0 Å². The van der Waals surface area contributed by atoms with E-state index in [1.165, 1.54) is 0 Å². The molecule has 0 rings (SSSR count). The van der Waals surface area contributed by atoms with E-state index in [9.17, 15) is 19.5 Å². The van der Waals surface area contributed by atoms with E-state index in [1.54, 1.807) is 0 Å². The van der Waals surface area contributed by atoms with Crippen molar-refractivity contribution in [3.05, 3.63) is 0 Å². The van der Waals surface area contributed by atoms with Crippen molar-refractivity contribution < 1.29 is 28.7 Å². The molecule has 200 valence electrons. The van der Waals surface area contributed by atoms with Gasteiger partial charge in [0, 0.05) is 17.4 Å². The highest BCUT2D eigenvalue weighted by Gasteiger charge is 2.49. The van der Waals surface area contributed by atoms with Crippen LogP contribution in [-0.2, 0) is 13.8 Å². The van der Waals surface area contributed by atoms with E-state index in [-0.39, 0.29) is 30.1 Å². The summed E-state index contributed by atoms with van der Waals surface area (Å²) in [5.74, 6) is 0.169. The molecule has 0 aliphatic heterocycles. The van der Waals surface area contributed by atoms with Gasteiger partial charge in [0.15, 0.2) is 0 Å². The summed E-state index contributed by atoms with van der Waals surface area (Å²) in [6, 6.07) is 0. The van der Waals surface area contributed by atoms with Crippen LogP contribution in [-0.4, -0.2) is 39.8 Å². The third-order valence-electron chi connectivity index (χ3n) is 8.29. The van der Waals surface area contributed by atoms with Crippen LogP contribution in [0.4, 0.5) is 0 Å². The van der Waals surface area contributed by atoms with E-state index in [0.29, 0.717) is 6.42 Å². The van der Waals surface area contributed by atoms with Gasteiger partial charge in [0.2, 0.25) is 0 Å². The number of ether oxygens (including phenoxy) is 1. The fourth-order valence-electron chi connectivity index (χ4n) is 6.28. The number of hydrogen-bond acceptors (Lipinski definition) is 4. The molecule has 33 heavy (non-hydrogen) atoms. The highest BCUT2D eigenvalue weighted by molar-refractivity contribution is 7.46. The molecule has 4 atom stereocenters. The van der Waals surface area contributed by atoms with Gasteiger partial charge in [-0.1, -0.05) is 74.7 Å². The number of rotatable bonds is 20. The molecule has 6 nitrogen and oxygen atoms in total. The smallest absolute Gasteiger partial charge is 0.396 e. The van der Waals surface area contributed by atoms with E-state index in [1.807, 2.05) is 6.92 Å². The van der Waals surface area contributed by atoms with Crippen molar-refractivity contribution in [3.63, 3.8) is 0 Å². The predicted molar refractivity (Wildman–Crippen MR) is 137 cm³/mol. The average Bonchev–Trinajstić information content (AvgIpc) is 2.78. The summed E-state index contributed by atoms with van der Waals surface area (Å²) in [4.78, 5) is 19.3. The van der Waals surface area contributed by atoms with Crippen molar-refractivity contribution >= 4 is 7.82 Å². The van der Waals surface area contributed by atoms with Gasteiger partial charge in [-0.3, -0.25) is 4.52 Å². The van der Waals surface area contributed by atoms with Gasteiger partial charge in [-0.2, -0.15) is 0 Å². The van der Waals surface area contributed by atoms with Crippen molar-refractivity contribution in [2.75, 3.05) is 6.61 Å². The van der Waals surface area contributed by atoms with E-state index in [0.717, 1.165) is 64.2 Å². The molecular formula is C26H55O6P. The van der Waals surface area contributed by atoms with Crippen molar-refractivity contribution in [1.82, 2.24) is 0 Å². The highest BCUT2D eigenvalue weighted by atomic mass is 31.2. The van der Waals surface area contributed by atoms with E-state index >= 15 is 0 Å². The Morgan fingerprint density at radius 3 is 1.42 bits per heavy atom. The third kappa shape index (κ3) is 8.58. The van der Waals surface area contributed by atoms with Gasteiger partial charge in [0.05, 0.1) is 18.3 Å². The highest BCUT2D eigenvalue weighted by Crippen LogP contribution is 2.51. The Balaban J connectivity index is 6.52. The lowest BCUT2D eigenvalue weighted by Crippen LogP contribution is -2.52. The first-order valence-corrected chi connectivity index (χ1v) is 15.1. The summed E-state index contributed by atoms with van der Waals surface area (Å²) in [6.45, 7) is 17.1. The van der Waals surface area contributed by atoms with Crippen LogP contribution >= 0.6 is 7.82 Å². The van der Waals surface area contributed by atoms with Crippen LogP contribution in [0.2, 0.25) is 0 Å². The van der Waals surface area contributed by atoms with Gasteiger partial charge in [0.25, 0.3) is 0 Å². The molecule has 0 heterocycles. The Morgan fingerprint density at radius 2 is 1.12 bits per heavy atom. The first-order valence-electron chi connectivity index (χ1n) is 13.6.